The van der Waals surface area contributed by atoms with Crippen molar-refractivity contribution in [3.05, 3.63) is 12.2 Å². The topological polar surface area (TPSA) is 27.7 Å². The molecule has 3 unspecified atom stereocenters. The molecule has 2 rings (SSSR count). The lowest BCUT2D eigenvalue weighted by atomic mass is 9.95. The monoisotopic (exact) mass is 254 g/mol. The Kier molecular flexibility index (Phi) is 6.18. The Morgan fingerprint density at radius 3 is 2.22 bits per heavy atom. The van der Waals surface area contributed by atoms with E-state index in [0.717, 1.165) is 37.4 Å². The quantitative estimate of drug-likeness (QED) is 0.443. The molecule has 1 saturated carbocycles. The fourth-order valence-corrected chi connectivity index (χ4v) is 2.91. The zero-order chi connectivity index (χ0) is 12.6. The van der Waals surface area contributed by atoms with Crippen molar-refractivity contribution in [2.45, 2.75) is 26.2 Å². The van der Waals surface area contributed by atoms with E-state index in [1.54, 1.807) is 0 Å². The van der Waals surface area contributed by atoms with Gasteiger partial charge >= 0.3 is 0 Å². The van der Waals surface area contributed by atoms with Gasteiger partial charge in [-0.2, -0.15) is 0 Å². The zero-order valence-electron chi connectivity index (χ0n) is 11.5. The van der Waals surface area contributed by atoms with Crippen LogP contribution in [-0.2, 0) is 14.2 Å². The van der Waals surface area contributed by atoms with Crippen LogP contribution in [0.1, 0.15) is 26.2 Å². The summed E-state index contributed by atoms with van der Waals surface area (Å²) in [5.41, 5.74) is 0. The van der Waals surface area contributed by atoms with Crippen molar-refractivity contribution in [2.75, 3.05) is 39.6 Å². The number of fused-ring (bicyclic) bond motifs is 2. The highest BCUT2D eigenvalue weighted by molar-refractivity contribution is 5.09. The van der Waals surface area contributed by atoms with Crippen LogP contribution in [0.15, 0.2) is 12.2 Å². The summed E-state index contributed by atoms with van der Waals surface area (Å²) < 4.78 is 16.5. The SMILES string of the molecule is CCCOCCOCCOCC1CC2C=CC1C2. The van der Waals surface area contributed by atoms with Crippen molar-refractivity contribution >= 4 is 0 Å². The van der Waals surface area contributed by atoms with E-state index < -0.39 is 0 Å². The van der Waals surface area contributed by atoms with Gasteiger partial charge in [0.25, 0.3) is 0 Å². The maximum absolute atomic E-state index is 5.70. The zero-order valence-corrected chi connectivity index (χ0v) is 11.5. The molecule has 3 nitrogen and oxygen atoms in total. The van der Waals surface area contributed by atoms with Crippen LogP contribution in [0.25, 0.3) is 0 Å². The minimum atomic E-state index is 0.681. The number of hydrogen-bond acceptors (Lipinski definition) is 3. The summed E-state index contributed by atoms with van der Waals surface area (Å²) in [5.74, 6) is 2.39. The van der Waals surface area contributed by atoms with Gasteiger partial charge in [0.2, 0.25) is 0 Å². The maximum atomic E-state index is 5.70. The standard InChI is InChI=1S/C15H26O3/c1-2-5-16-6-7-17-8-9-18-12-15-11-13-3-4-14(15)10-13/h3-4,13-15H,2,5-12H2,1H3. The van der Waals surface area contributed by atoms with E-state index in [9.17, 15) is 0 Å². The average Bonchev–Trinajstić information content (AvgIpc) is 2.99. The van der Waals surface area contributed by atoms with Gasteiger partial charge in [0.1, 0.15) is 0 Å². The molecule has 0 aromatic rings. The van der Waals surface area contributed by atoms with Crippen LogP contribution in [-0.4, -0.2) is 39.6 Å². The van der Waals surface area contributed by atoms with Crippen LogP contribution in [0.3, 0.4) is 0 Å². The molecule has 0 N–H and O–H groups in total. The van der Waals surface area contributed by atoms with Crippen molar-refractivity contribution < 1.29 is 14.2 Å². The molecule has 18 heavy (non-hydrogen) atoms. The Hall–Kier alpha value is -0.380. The Morgan fingerprint density at radius 1 is 0.889 bits per heavy atom. The first-order valence-corrected chi connectivity index (χ1v) is 7.31. The smallest absolute Gasteiger partial charge is 0.0701 e. The van der Waals surface area contributed by atoms with Crippen molar-refractivity contribution in [1.29, 1.82) is 0 Å². The lowest BCUT2D eigenvalue weighted by Gasteiger charge is -2.17. The third-order valence-electron chi connectivity index (χ3n) is 3.84. The van der Waals surface area contributed by atoms with Crippen molar-refractivity contribution in [1.82, 2.24) is 0 Å². The molecule has 0 aromatic carbocycles. The van der Waals surface area contributed by atoms with E-state index in [1.165, 1.54) is 12.8 Å². The summed E-state index contributed by atoms with van der Waals surface area (Å²) in [7, 11) is 0. The molecule has 2 aliphatic rings. The molecular weight excluding hydrogens is 228 g/mol. The first-order valence-electron chi connectivity index (χ1n) is 7.31. The molecule has 0 aromatic heterocycles. The van der Waals surface area contributed by atoms with E-state index in [-0.39, 0.29) is 0 Å². The van der Waals surface area contributed by atoms with Gasteiger partial charge in [-0.15, -0.1) is 0 Å². The number of ether oxygens (including phenoxy) is 3. The minimum absolute atomic E-state index is 0.681. The third kappa shape index (κ3) is 4.38. The molecular formula is C15H26O3. The van der Waals surface area contributed by atoms with E-state index in [1.807, 2.05) is 0 Å². The minimum Gasteiger partial charge on any atom is -0.379 e. The predicted octanol–water partition coefficient (Wildman–Crippen LogP) is 2.66. The molecule has 2 bridgehead atoms. The number of hydrogen-bond donors (Lipinski definition) is 0. The molecule has 0 aliphatic heterocycles. The number of allylic oxidation sites excluding steroid dienone is 2. The highest BCUT2D eigenvalue weighted by Crippen LogP contribution is 2.43. The predicted molar refractivity (Wildman–Crippen MR) is 71.6 cm³/mol. The van der Waals surface area contributed by atoms with Crippen molar-refractivity contribution in [3.63, 3.8) is 0 Å². The summed E-state index contributed by atoms with van der Waals surface area (Å²) >= 11 is 0. The number of rotatable bonds is 10. The van der Waals surface area contributed by atoms with E-state index >= 15 is 0 Å². The molecule has 3 heteroatoms. The maximum Gasteiger partial charge on any atom is 0.0701 e. The summed E-state index contributed by atoms with van der Waals surface area (Å²) in [6, 6.07) is 0. The molecule has 0 amide bonds. The molecule has 0 saturated heterocycles. The van der Waals surface area contributed by atoms with Crippen LogP contribution < -0.4 is 0 Å². The van der Waals surface area contributed by atoms with Crippen LogP contribution in [0, 0.1) is 17.8 Å². The van der Waals surface area contributed by atoms with E-state index in [2.05, 4.69) is 19.1 Å². The lowest BCUT2D eigenvalue weighted by Crippen LogP contribution is -2.17. The normalized spacial score (nSPS) is 29.3. The van der Waals surface area contributed by atoms with Gasteiger partial charge in [-0.3, -0.25) is 0 Å². The van der Waals surface area contributed by atoms with Crippen LogP contribution in [0.2, 0.25) is 0 Å². The molecule has 0 heterocycles. The summed E-state index contributed by atoms with van der Waals surface area (Å²) in [6.45, 7) is 6.63. The van der Waals surface area contributed by atoms with Gasteiger partial charge in [0.15, 0.2) is 0 Å². The van der Waals surface area contributed by atoms with E-state index in [0.29, 0.717) is 26.4 Å². The first kappa shape index (κ1) is 14.0. The van der Waals surface area contributed by atoms with Gasteiger partial charge in [0, 0.05) is 6.61 Å². The van der Waals surface area contributed by atoms with Crippen LogP contribution in [0.5, 0.6) is 0 Å². The molecule has 2 aliphatic carbocycles. The summed E-state index contributed by atoms with van der Waals surface area (Å²) in [6.07, 6.45) is 8.51. The first-order chi connectivity index (χ1) is 8.90. The van der Waals surface area contributed by atoms with Gasteiger partial charge < -0.3 is 14.2 Å². The van der Waals surface area contributed by atoms with Gasteiger partial charge in [0.05, 0.1) is 33.0 Å². The largest absolute Gasteiger partial charge is 0.379 e. The van der Waals surface area contributed by atoms with Crippen molar-refractivity contribution in [3.8, 4) is 0 Å². The highest BCUT2D eigenvalue weighted by Gasteiger charge is 2.35. The van der Waals surface area contributed by atoms with Crippen molar-refractivity contribution in [2.24, 2.45) is 17.8 Å². The molecule has 3 atom stereocenters. The Balaban J connectivity index is 1.37. The Labute approximate surface area is 110 Å². The van der Waals surface area contributed by atoms with Gasteiger partial charge in [-0.05, 0) is 37.0 Å². The van der Waals surface area contributed by atoms with Crippen LogP contribution in [0.4, 0.5) is 0 Å². The summed E-state index contributed by atoms with van der Waals surface area (Å²) in [5, 5.41) is 0. The van der Waals surface area contributed by atoms with Crippen LogP contribution >= 0.6 is 0 Å². The second-order valence-corrected chi connectivity index (χ2v) is 5.34. The lowest BCUT2D eigenvalue weighted by molar-refractivity contribution is 0.00548. The molecule has 104 valence electrons. The average molecular weight is 254 g/mol. The van der Waals surface area contributed by atoms with Gasteiger partial charge in [-0.25, -0.2) is 0 Å². The second kappa shape index (κ2) is 7.93. The molecule has 0 radical (unpaired) electrons. The van der Waals surface area contributed by atoms with E-state index in [4.69, 9.17) is 14.2 Å². The molecule has 1 fully saturated rings. The Bertz CT molecular complexity index is 252. The Morgan fingerprint density at radius 2 is 1.61 bits per heavy atom. The second-order valence-electron chi connectivity index (χ2n) is 5.34. The highest BCUT2D eigenvalue weighted by atomic mass is 16.5. The molecule has 0 spiro atoms. The fourth-order valence-electron chi connectivity index (χ4n) is 2.91. The third-order valence-corrected chi connectivity index (χ3v) is 3.84. The summed E-state index contributed by atoms with van der Waals surface area (Å²) in [4.78, 5) is 0. The van der Waals surface area contributed by atoms with Gasteiger partial charge in [-0.1, -0.05) is 19.1 Å². The fraction of sp³-hybridized carbons (Fsp3) is 0.867.